The molecule has 2 aromatic carbocycles. The molecule has 3 nitrogen and oxygen atoms in total. The molecule has 0 spiro atoms. The number of hydrogen-bond acceptors (Lipinski definition) is 2. The van der Waals surface area contributed by atoms with E-state index in [1.165, 1.54) is 6.07 Å². The van der Waals surface area contributed by atoms with E-state index >= 15 is 0 Å². The first-order valence-electron chi connectivity index (χ1n) is 5.46. The standard InChI is InChI=1S/C13H8Br2FN3/c14-7-4-5-8(15)11(6-7)19-10-3-1-2-9(16)12(10)18-13(19)17/h1-6H,(H2,17,18). The van der Waals surface area contributed by atoms with Crippen LogP contribution < -0.4 is 5.73 Å². The third-order valence-electron chi connectivity index (χ3n) is 2.81. The molecule has 0 bridgehead atoms. The second-order valence-corrected chi connectivity index (χ2v) is 5.78. The fourth-order valence-electron chi connectivity index (χ4n) is 1.99. The van der Waals surface area contributed by atoms with Crippen LogP contribution in [0.3, 0.4) is 0 Å². The Bertz CT molecular complexity index is 783. The van der Waals surface area contributed by atoms with E-state index in [-0.39, 0.29) is 17.3 Å². The Morgan fingerprint density at radius 2 is 1.95 bits per heavy atom. The quantitative estimate of drug-likeness (QED) is 0.680. The van der Waals surface area contributed by atoms with E-state index in [1.54, 1.807) is 16.7 Å². The Morgan fingerprint density at radius 1 is 1.16 bits per heavy atom. The molecule has 0 aliphatic carbocycles. The number of para-hydroxylation sites is 1. The lowest BCUT2D eigenvalue weighted by molar-refractivity contribution is 0.637. The van der Waals surface area contributed by atoms with Crippen molar-refractivity contribution in [2.45, 2.75) is 0 Å². The zero-order valence-corrected chi connectivity index (χ0v) is 12.7. The molecule has 0 aliphatic heterocycles. The van der Waals surface area contributed by atoms with E-state index in [1.807, 2.05) is 18.2 Å². The second kappa shape index (κ2) is 4.61. The smallest absolute Gasteiger partial charge is 0.206 e. The molecule has 0 amide bonds. The number of anilines is 1. The highest BCUT2D eigenvalue weighted by atomic mass is 79.9. The van der Waals surface area contributed by atoms with E-state index < -0.39 is 0 Å². The van der Waals surface area contributed by atoms with Crippen molar-refractivity contribution >= 4 is 48.8 Å². The molecule has 0 saturated carbocycles. The maximum absolute atomic E-state index is 13.7. The van der Waals surface area contributed by atoms with Crippen LogP contribution in [-0.4, -0.2) is 9.55 Å². The first-order chi connectivity index (χ1) is 9.08. The van der Waals surface area contributed by atoms with Gasteiger partial charge in [0.25, 0.3) is 0 Å². The van der Waals surface area contributed by atoms with E-state index in [2.05, 4.69) is 36.8 Å². The average molecular weight is 385 g/mol. The summed E-state index contributed by atoms with van der Waals surface area (Å²) in [7, 11) is 0. The summed E-state index contributed by atoms with van der Waals surface area (Å²) < 4.78 is 17.2. The predicted molar refractivity (Wildman–Crippen MR) is 80.8 cm³/mol. The molecule has 96 valence electrons. The van der Waals surface area contributed by atoms with Gasteiger partial charge in [-0.15, -0.1) is 0 Å². The maximum Gasteiger partial charge on any atom is 0.206 e. The van der Waals surface area contributed by atoms with Crippen LogP contribution in [0, 0.1) is 5.82 Å². The van der Waals surface area contributed by atoms with Crippen molar-refractivity contribution in [2.24, 2.45) is 0 Å². The molecule has 0 saturated heterocycles. The van der Waals surface area contributed by atoms with Crippen molar-refractivity contribution in [1.82, 2.24) is 9.55 Å². The molecule has 1 aromatic heterocycles. The Labute approximate surface area is 125 Å². The van der Waals surface area contributed by atoms with Crippen molar-refractivity contribution in [3.63, 3.8) is 0 Å². The minimum absolute atomic E-state index is 0.249. The Morgan fingerprint density at radius 3 is 2.74 bits per heavy atom. The number of fused-ring (bicyclic) bond motifs is 1. The molecule has 1 heterocycles. The molecule has 3 rings (SSSR count). The number of rotatable bonds is 1. The second-order valence-electron chi connectivity index (χ2n) is 4.01. The van der Waals surface area contributed by atoms with Crippen LogP contribution in [0.25, 0.3) is 16.7 Å². The van der Waals surface area contributed by atoms with E-state index in [4.69, 9.17) is 5.73 Å². The molecule has 0 radical (unpaired) electrons. The largest absolute Gasteiger partial charge is 0.369 e. The van der Waals surface area contributed by atoms with Crippen molar-refractivity contribution < 1.29 is 4.39 Å². The van der Waals surface area contributed by atoms with Crippen molar-refractivity contribution in [3.05, 3.63) is 51.2 Å². The van der Waals surface area contributed by atoms with Gasteiger partial charge in [0.2, 0.25) is 5.95 Å². The van der Waals surface area contributed by atoms with Crippen molar-refractivity contribution in [1.29, 1.82) is 0 Å². The van der Waals surface area contributed by atoms with Gasteiger partial charge in [-0.1, -0.05) is 22.0 Å². The molecule has 2 N–H and O–H groups in total. The monoisotopic (exact) mass is 383 g/mol. The number of halogens is 3. The first-order valence-corrected chi connectivity index (χ1v) is 7.04. The van der Waals surface area contributed by atoms with Gasteiger partial charge in [-0.25, -0.2) is 9.37 Å². The molecule has 19 heavy (non-hydrogen) atoms. The molecule has 3 aromatic rings. The summed E-state index contributed by atoms with van der Waals surface area (Å²) in [5.74, 6) is -0.132. The third kappa shape index (κ3) is 2.04. The highest BCUT2D eigenvalue weighted by molar-refractivity contribution is 9.11. The van der Waals surface area contributed by atoms with Crippen LogP contribution >= 0.6 is 31.9 Å². The summed E-state index contributed by atoms with van der Waals surface area (Å²) in [6, 6.07) is 10.5. The highest BCUT2D eigenvalue weighted by Crippen LogP contribution is 2.31. The Kier molecular flexibility index (Phi) is 3.06. The van der Waals surface area contributed by atoms with E-state index in [9.17, 15) is 4.39 Å². The maximum atomic E-state index is 13.7. The van der Waals surface area contributed by atoms with Gasteiger partial charge in [-0.2, -0.15) is 0 Å². The molecule has 6 heteroatoms. The number of nitrogen functional groups attached to an aromatic ring is 1. The van der Waals surface area contributed by atoms with Crippen LogP contribution in [0.5, 0.6) is 0 Å². The Balaban J connectivity index is 2.39. The summed E-state index contributed by atoms with van der Waals surface area (Å²) >= 11 is 6.89. The van der Waals surface area contributed by atoms with Crippen molar-refractivity contribution in [2.75, 3.05) is 5.73 Å². The van der Waals surface area contributed by atoms with Gasteiger partial charge < -0.3 is 5.73 Å². The number of imidazole rings is 1. The summed E-state index contributed by atoms with van der Waals surface area (Å²) in [4.78, 5) is 4.09. The molecular formula is C13H8Br2FN3. The average Bonchev–Trinajstić information content (AvgIpc) is 2.70. The van der Waals surface area contributed by atoms with Gasteiger partial charge in [0.05, 0.1) is 11.2 Å². The minimum Gasteiger partial charge on any atom is -0.369 e. The summed E-state index contributed by atoms with van der Waals surface area (Å²) in [5.41, 5.74) is 7.63. The van der Waals surface area contributed by atoms with Gasteiger partial charge in [0.15, 0.2) is 5.82 Å². The van der Waals surface area contributed by atoms with Crippen LogP contribution in [-0.2, 0) is 0 Å². The van der Waals surface area contributed by atoms with Crippen LogP contribution in [0.2, 0.25) is 0 Å². The van der Waals surface area contributed by atoms with Gasteiger partial charge in [0.1, 0.15) is 5.52 Å². The van der Waals surface area contributed by atoms with Crippen LogP contribution in [0.4, 0.5) is 10.3 Å². The Hall–Kier alpha value is -1.40. The zero-order valence-electron chi connectivity index (χ0n) is 9.57. The molecule has 0 fully saturated rings. The topological polar surface area (TPSA) is 43.8 Å². The lowest BCUT2D eigenvalue weighted by atomic mass is 10.2. The lowest BCUT2D eigenvalue weighted by Gasteiger charge is -2.09. The van der Waals surface area contributed by atoms with E-state index in [0.29, 0.717) is 5.52 Å². The van der Waals surface area contributed by atoms with Gasteiger partial charge >= 0.3 is 0 Å². The summed E-state index contributed by atoms with van der Waals surface area (Å²) in [5, 5.41) is 0. The van der Waals surface area contributed by atoms with Crippen molar-refractivity contribution in [3.8, 4) is 5.69 Å². The lowest BCUT2D eigenvalue weighted by Crippen LogP contribution is -2.01. The number of nitrogens with zero attached hydrogens (tertiary/aromatic N) is 2. The SMILES string of the molecule is Nc1nc2c(F)cccc2n1-c1cc(Br)ccc1Br. The van der Waals surface area contributed by atoms with Crippen LogP contribution in [0.15, 0.2) is 45.3 Å². The summed E-state index contributed by atoms with van der Waals surface area (Å²) in [6.07, 6.45) is 0. The number of hydrogen-bond donors (Lipinski definition) is 1. The molecule has 0 atom stereocenters. The van der Waals surface area contributed by atoms with Gasteiger partial charge in [0, 0.05) is 8.95 Å². The minimum atomic E-state index is -0.380. The fraction of sp³-hybridized carbons (Fsp3) is 0. The van der Waals surface area contributed by atoms with E-state index in [0.717, 1.165) is 14.6 Å². The number of nitrogens with two attached hydrogens (primary N) is 1. The third-order valence-corrected chi connectivity index (χ3v) is 3.97. The van der Waals surface area contributed by atoms with Gasteiger partial charge in [-0.3, -0.25) is 4.57 Å². The highest BCUT2D eigenvalue weighted by Gasteiger charge is 2.15. The van der Waals surface area contributed by atoms with Gasteiger partial charge in [-0.05, 0) is 46.3 Å². The number of benzene rings is 2. The zero-order chi connectivity index (χ0) is 13.6. The predicted octanol–water partition coefficient (Wildman–Crippen LogP) is 4.27. The number of aromatic nitrogens is 2. The molecular weight excluding hydrogens is 377 g/mol. The fourth-order valence-corrected chi connectivity index (χ4v) is 2.77. The molecule has 0 aliphatic rings. The molecule has 0 unspecified atom stereocenters. The first kappa shape index (κ1) is 12.6. The van der Waals surface area contributed by atoms with Crippen LogP contribution in [0.1, 0.15) is 0 Å². The normalized spacial score (nSPS) is 11.1. The summed E-state index contributed by atoms with van der Waals surface area (Å²) in [6.45, 7) is 0.